The van der Waals surface area contributed by atoms with Crippen molar-refractivity contribution in [1.82, 2.24) is 4.90 Å². The van der Waals surface area contributed by atoms with Gasteiger partial charge in [0.05, 0.1) is 12.0 Å². The van der Waals surface area contributed by atoms with Gasteiger partial charge in [0, 0.05) is 6.54 Å². The van der Waals surface area contributed by atoms with Gasteiger partial charge < -0.3 is 4.90 Å². The summed E-state index contributed by atoms with van der Waals surface area (Å²) in [4.78, 5) is 2.40. The first-order valence-corrected chi connectivity index (χ1v) is 6.54. The number of nitrogens with zero attached hydrogens (tertiary/aromatic N) is 2. The quantitative estimate of drug-likeness (QED) is 0.792. The molecule has 0 radical (unpaired) electrons. The Bertz CT molecular complexity index is 382. The molecule has 17 heavy (non-hydrogen) atoms. The fraction of sp³-hybridized carbons (Fsp3) is 0.533. The summed E-state index contributed by atoms with van der Waals surface area (Å²) >= 11 is 0. The molecule has 1 fully saturated rings. The van der Waals surface area contributed by atoms with Crippen LogP contribution in [-0.2, 0) is 6.42 Å². The topological polar surface area (TPSA) is 27.0 Å². The van der Waals surface area contributed by atoms with Crippen LogP contribution in [0, 0.1) is 11.3 Å². The second-order valence-electron chi connectivity index (χ2n) is 4.78. The van der Waals surface area contributed by atoms with E-state index in [1.807, 2.05) is 0 Å². The van der Waals surface area contributed by atoms with Crippen molar-refractivity contribution in [2.45, 2.75) is 32.1 Å². The van der Waals surface area contributed by atoms with Crippen LogP contribution in [-0.4, -0.2) is 24.5 Å². The fourth-order valence-electron chi connectivity index (χ4n) is 2.43. The van der Waals surface area contributed by atoms with Gasteiger partial charge >= 0.3 is 0 Å². The summed E-state index contributed by atoms with van der Waals surface area (Å²) in [6.45, 7) is 5.36. The van der Waals surface area contributed by atoms with E-state index in [2.05, 4.69) is 42.2 Å². The van der Waals surface area contributed by atoms with Gasteiger partial charge in [-0.1, -0.05) is 31.2 Å². The molecule has 1 unspecified atom stereocenters. The van der Waals surface area contributed by atoms with Gasteiger partial charge in [0.25, 0.3) is 0 Å². The van der Waals surface area contributed by atoms with Crippen molar-refractivity contribution in [2.75, 3.05) is 19.6 Å². The van der Waals surface area contributed by atoms with Gasteiger partial charge in [0.2, 0.25) is 0 Å². The zero-order valence-electron chi connectivity index (χ0n) is 10.5. The third-order valence-corrected chi connectivity index (χ3v) is 3.59. The minimum absolute atomic E-state index is 0.0269. The van der Waals surface area contributed by atoms with Gasteiger partial charge in [-0.25, -0.2) is 0 Å². The van der Waals surface area contributed by atoms with Gasteiger partial charge in [0.1, 0.15) is 0 Å². The van der Waals surface area contributed by atoms with E-state index in [0.29, 0.717) is 0 Å². The van der Waals surface area contributed by atoms with Crippen molar-refractivity contribution in [3.63, 3.8) is 0 Å². The number of aryl methyl sites for hydroxylation is 1. The molecule has 2 nitrogen and oxygen atoms in total. The number of hydrogen-bond donors (Lipinski definition) is 0. The van der Waals surface area contributed by atoms with Crippen molar-refractivity contribution in [1.29, 1.82) is 5.26 Å². The molecular formula is C15H20N2. The average Bonchev–Trinajstić information content (AvgIpc) is 2.89. The Kier molecular flexibility index (Phi) is 4.17. The molecule has 1 saturated heterocycles. The van der Waals surface area contributed by atoms with Gasteiger partial charge in [0.15, 0.2) is 0 Å². The average molecular weight is 228 g/mol. The van der Waals surface area contributed by atoms with Crippen LogP contribution < -0.4 is 0 Å². The molecule has 0 bridgehead atoms. The molecule has 0 amide bonds. The Morgan fingerprint density at radius 3 is 2.41 bits per heavy atom. The number of rotatable bonds is 4. The van der Waals surface area contributed by atoms with E-state index in [1.54, 1.807) is 0 Å². The highest BCUT2D eigenvalue weighted by atomic mass is 15.1. The maximum atomic E-state index is 9.29. The predicted octanol–water partition coefficient (Wildman–Crippen LogP) is 2.95. The largest absolute Gasteiger partial charge is 0.302 e. The van der Waals surface area contributed by atoms with Crippen LogP contribution in [0.2, 0.25) is 0 Å². The van der Waals surface area contributed by atoms with Crippen LogP contribution in [0.15, 0.2) is 24.3 Å². The lowest BCUT2D eigenvalue weighted by atomic mass is 9.98. The molecule has 0 N–H and O–H groups in total. The van der Waals surface area contributed by atoms with Crippen LogP contribution in [0.1, 0.15) is 36.8 Å². The Balaban J connectivity index is 2.03. The summed E-state index contributed by atoms with van der Waals surface area (Å²) in [6.07, 6.45) is 3.63. The van der Waals surface area contributed by atoms with E-state index < -0.39 is 0 Å². The molecule has 1 aromatic rings. The molecule has 1 aromatic carbocycles. The standard InChI is InChI=1S/C15H20N2/c1-2-13-5-7-14(8-6-13)15(11-16)12-17-9-3-4-10-17/h5-8,15H,2-4,9-10,12H2,1H3. The van der Waals surface area contributed by atoms with Crippen LogP contribution in [0.5, 0.6) is 0 Å². The lowest BCUT2D eigenvalue weighted by molar-refractivity contribution is 0.332. The maximum Gasteiger partial charge on any atom is 0.0839 e. The fourth-order valence-corrected chi connectivity index (χ4v) is 2.43. The van der Waals surface area contributed by atoms with Gasteiger partial charge in [-0.2, -0.15) is 5.26 Å². The maximum absolute atomic E-state index is 9.29. The summed E-state index contributed by atoms with van der Waals surface area (Å²) in [5.41, 5.74) is 2.50. The van der Waals surface area contributed by atoms with E-state index in [9.17, 15) is 5.26 Å². The van der Waals surface area contributed by atoms with Crippen molar-refractivity contribution < 1.29 is 0 Å². The molecule has 90 valence electrons. The Hall–Kier alpha value is -1.33. The first kappa shape index (κ1) is 12.1. The summed E-state index contributed by atoms with van der Waals surface area (Å²) in [5, 5.41) is 9.29. The van der Waals surface area contributed by atoms with Gasteiger partial charge in [-0.05, 0) is 43.5 Å². The monoisotopic (exact) mass is 228 g/mol. The molecule has 1 atom stereocenters. The first-order chi connectivity index (χ1) is 8.33. The minimum atomic E-state index is 0.0269. The third-order valence-electron chi connectivity index (χ3n) is 3.59. The van der Waals surface area contributed by atoms with Gasteiger partial charge in [-0.3, -0.25) is 0 Å². The Morgan fingerprint density at radius 2 is 1.88 bits per heavy atom. The van der Waals surface area contributed by atoms with E-state index in [1.165, 1.54) is 18.4 Å². The second-order valence-corrected chi connectivity index (χ2v) is 4.78. The number of nitriles is 1. The van der Waals surface area contributed by atoms with Crippen LogP contribution in [0.3, 0.4) is 0 Å². The zero-order chi connectivity index (χ0) is 12.1. The number of benzene rings is 1. The van der Waals surface area contributed by atoms with E-state index in [-0.39, 0.29) is 5.92 Å². The molecule has 2 rings (SSSR count). The van der Waals surface area contributed by atoms with E-state index in [4.69, 9.17) is 0 Å². The highest BCUT2D eigenvalue weighted by Gasteiger charge is 2.18. The number of likely N-dealkylation sites (tertiary alicyclic amines) is 1. The van der Waals surface area contributed by atoms with Crippen molar-refractivity contribution in [2.24, 2.45) is 0 Å². The normalized spacial score (nSPS) is 17.9. The molecule has 1 heterocycles. The minimum Gasteiger partial charge on any atom is -0.302 e. The van der Waals surface area contributed by atoms with E-state index in [0.717, 1.165) is 31.6 Å². The van der Waals surface area contributed by atoms with Crippen LogP contribution >= 0.6 is 0 Å². The molecule has 1 aliphatic heterocycles. The smallest absolute Gasteiger partial charge is 0.0839 e. The summed E-state index contributed by atoms with van der Waals surface area (Å²) in [6, 6.07) is 11.0. The first-order valence-electron chi connectivity index (χ1n) is 6.54. The molecule has 0 aromatic heterocycles. The predicted molar refractivity (Wildman–Crippen MR) is 69.8 cm³/mol. The van der Waals surface area contributed by atoms with Crippen molar-refractivity contribution in [3.8, 4) is 6.07 Å². The third kappa shape index (κ3) is 3.08. The molecule has 0 aliphatic carbocycles. The molecular weight excluding hydrogens is 208 g/mol. The molecule has 0 saturated carbocycles. The Labute approximate surface area is 104 Å². The number of hydrogen-bond acceptors (Lipinski definition) is 2. The lowest BCUT2D eigenvalue weighted by Crippen LogP contribution is -2.24. The Morgan fingerprint density at radius 1 is 1.24 bits per heavy atom. The lowest BCUT2D eigenvalue weighted by Gasteiger charge is -2.18. The zero-order valence-corrected chi connectivity index (χ0v) is 10.5. The summed E-state index contributed by atoms with van der Waals surface area (Å²) in [5.74, 6) is 0.0269. The van der Waals surface area contributed by atoms with Crippen LogP contribution in [0.25, 0.3) is 0 Å². The van der Waals surface area contributed by atoms with Crippen molar-refractivity contribution in [3.05, 3.63) is 35.4 Å². The highest BCUT2D eigenvalue weighted by molar-refractivity contribution is 5.29. The van der Waals surface area contributed by atoms with E-state index >= 15 is 0 Å². The highest BCUT2D eigenvalue weighted by Crippen LogP contribution is 2.19. The second kappa shape index (κ2) is 5.84. The van der Waals surface area contributed by atoms with Crippen LogP contribution in [0.4, 0.5) is 0 Å². The SMILES string of the molecule is CCc1ccc(C(C#N)CN2CCCC2)cc1. The molecule has 0 spiro atoms. The van der Waals surface area contributed by atoms with Gasteiger partial charge in [-0.15, -0.1) is 0 Å². The summed E-state index contributed by atoms with van der Waals surface area (Å²) in [7, 11) is 0. The van der Waals surface area contributed by atoms with Crippen molar-refractivity contribution >= 4 is 0 Å². The molecule has 1 aliphatic rings. The summed E-state index contributed by atoms with van der Waals surface area (Å²) < 4.78 is 0. The molecule has 2 heteroatoms.